The van der Waals surface area contributed by atoms with Crippen LogP contribution in [0.1, 0.15) is 54.6 Å². The van der Waals surface area contributed by atoms with Crippen LogP contribution in [0, 0.1) is 0 Å². The van der Waals surface area contributed by atoms with Crippen molar-refractivity contribution in [3.05, 3.63) is 64.7 Å². The van der Waals surface area contributed by atoms with Crippen molar-refractivity contribution in [2.24, 2.45) is 0 Å². The Morgan fingerprint density at radius 1 is 1.13 bits per heavy atom. The molecule has 1 fully saturated rings. The summed E-state index contributed by atoms with van der Waals surface area (Å²) in [5.41, 5.74) is 1.43. The summed E-state index contributed by atoms with van der Waals surface area (Å²) in [4.78, 5) is 26.2. The molecule has 1 amide bonds. The molecule has 1 heterocycles. The second-order valence-corrected chi connectivity index (χ2v) is 10.2. The highest BCUT2D eigenvalue weighted by Gasteiger charge is 2.31. The molecule has 0 bridgehead atoms. The van der Waals surface area contributed by atoms with E-state index >= 15 is 0 Å². The lowest BCUT2D eigenvalue weighted by molar-refractivity contribution is -0.132. The monoisotopic (exact) mass is 462 g/mol. The van der Waals surface area contributed by atoms with Crippen LogP contribution in [0.5, 0.6) is 0 Å². The second kappa shape index (κ2) is 9.94. The minimum Gasteiger partial charge on any atom is -0.336 e. The van der Waals surface area contributed by atoms with Crippen molar-refractivity contribution in [2.75, 3.05) is 20.1 Å². The third kappa shape index (κ3) is 5.34. The predicted octanol–water partition coefficient (Wildman–Crippen LogP) is 4.31. The summed E-state index contributed by atoms with van der Waals surface area (Å²) in [7, 11) is -2.18. The van der Waals surface area contributed by atoms with Crippen LogP contribution in [-0.4, -0.2) is 49.5 Å². The van der Waals surface area contributed by atoms with Crippen molar-refractivity contribution >= 4 is 33.3 Å². The van der Waals surface area contributed by atoms with Crippen molar-refractivity contribution in [3.63, 3.8) is 0 Å². The summed E-state index contributed by atoms with van der Waals surface area (Å²) < 4.78 is 26.8. The number of benzene rings is 2. The maximum Gasteiger partial charge on any atom is 0.242 e. The molecule has 0 radical (unpaired) electrons. The van der Waals surface area contributed by atoms with Crippen LogP contribution in [-0.2, 0) is 14.8 Å². The van der Waals surface area contributed by atoms with Crippen molar-refractivity contribution in [1.82, 2.24) is 9.21 Å². The summed E-state index contributed by atoms with van der Waals surface area (Å²) in [5.74, 6) is -0.105. The van der Waals surface area contributed by atoms with Crippen LogP contribution >= 0.6 is 11.6 Å². The fourth-order valence-corrected chi connectivity index (χ4v) is 5.36. The first-order valence-electron chi connectivity index (χ1n) is 10.3. The molecular formula is C23H27ClN2O4S. The topological polar surface area (TPSA) is 74.8 Å². The highest BCUT2D eigenvalue weighted by atomic mass is 35.5. The van der Waals surface area contributed by atoms with Gasteiger partial charge in [0.2, 0.25) is 15.9 Å². The number of nitrogens with zero attached hydrogens (tertiary/aromatic N) is 2. The molecule has 0 aliphatic carbocycles. The number of ketones is 1. The van der Waals surface area contributed by atoms with Gasteiger partial charge in [-0.15, -0.1) is 0 Å². The number of halogens is 1. The minimum absolute atomic E-state index is 0.0130. The summed E-state index contributed by atoms with van der Waals surface area (Å²) >= 11 is 6.33. The van der Waals surface area contributed by atoms with Gasteiger partial charge in [-0.3, -0.25) is 9.59 Å². The first-order chi connectivity index (χ1) is 14.7. The molecule has 1 atom stereocenters. The van der Waals surface area contributed by atoms with Gasteiger partial charge in [-0.05, 0) is 49.9 Å². The fraction of sp³-hybridized carbons (Fsp3) is 0.391. The summed E-state index contributed by atoms with van der Waals surface area (Å²) in [6.07, 6.45) is 2.49. The number of hydrogen-bond acceptors (Lipinski definition) is 4. The molecule has 2 aromatic rings. The standard InChI is InChI=1S/C23H27ClN2O4S/c1-17(27)18-11-13-19(14-12-18)31(29,30)25(2)15-6-10-23(28)26-16-5-9-22(26)20-7-3-4-8-21(20)24/h3-4,7-8,11-14,22H,5-6,9-10,15-16H2,1-2H3. The van der Waals surface area contributed by atoms with Crippen molar-refractivity contribution in [1.29, 1.82) is 0 Å². The van der Waals surface area contributed by atoms with Crippen molar-refractivity contribution in [3.8, 4) is 0 Å². The summed E-state index contributed by atoms with van der Waals surface area (Å²) in [6, 6.07) is 13.4. The molecule has 3 rings (SSSR count). The number of amides is 1. The zero-order valence-electron chi connectivity index (χ0n) is 17.8. The molecule has 1 aliphatic heterocycles. The number of sulfonamides is 1. The average Bonchev–Trinajstić information content (AvgIpc) is 3.23. The Labute approximate surface area is 188 Å². The molecule has 0 saturated carbocycles. The number of rotatable bonds is 8. The van der Waals surface area contributed by atoms with Crippen LogP contribution in [0.3, 0.4) is 0 Å². The lowest BCUT2D eigenvalue weighted by Crippen LogP contribution is -2.32. The van der Waals surface area contributed by atoms with E-state index in [0.29, 0.717) is 23.6 Å². The van der Waals surface area contributed by atoms with E-state index in [0.717, 1.165) is 18.4 Å². The predicted molar refractivity (Wildman–Crippen MR) is 121 cm³/mol. The van der Waals surface area contributed by atoms with Gasteiger partial charge in [0, 0.05) is 37.1 Å². The van der Waals surface area contributed by atoms with E-state index in [1.807, 2.05) is 29.2 Å². The lowest BCUT2D eigenvalue weighted by Gasteiger charge is -2.26. The smallest absolute Gasteiger partial charge is 0.242 e. The van der Waals surface area contributed by atoms with Gasteiger partial charge in [-0.2, -0.15) is 0 Å². The van der Waals surface area contributed by atoms with Gasteiger partial charge in [0.25, 0.3) is 0 Å². The van der Waals surface area contributed by atoms with E-state index in [2.05, 4.69) is 0 Å². The van der Waals surface area contributed by atoms with E-state index in [-0.39, 0.29) is 35.6 Å². The number of carbonyl (C=O) groups excluding carboxylic acids is 2. The number of carbonyl (C=O) groups is 2. The molecule has 6 nitrogen and oxygen atoms in total. The van der Waals surface area contributed by atoms with Gasteiger partial charge in [0.15, 0.2) is 5.78 Å². The number of hydrogen-bond donors (Lipinski definition) is 0. The van der Waals surface area contributed by atoms with Crippen molar-refractivity contribution in [2.45, 2.75) is 43.5 Å². The van der Waals surface area contributed by atoms with E-state index in [9.17, 15) is 18.0 Å². The highest BCUT2D eigenvalue weighted by Crippen LogP contribution is 2.36. The molecule has 8 heteroatoms. The molecule has 0 spiro atoms. The van der Waals surface area contributed by atoms with Gasteiger partial charge in [0.1, 0.15) is 0 Å². The van der Waals surface area contributed by atoms with Gasteiger partial charge >= 0.3 is 0 Å². The molecule has 0 N–H and O–H groups in total. The van der Waals surface area contributed by atoms with Gasteiger partial charge in [0.05, 0.1) is 10.9 Å². The average molecular weight is 463 g/mol. The highest BCUT2D eigenvalue weighted by molar-refractivity contribution is 7.89. The van der Waals surface area contributed by atoms with Gasteiger partial charge in [-0.25, -0.2) is 12.7 Å². The zero-order chi connectivity index (χ0) is 22.6. The molecule has 31 heavy (non-hydrogen) atoms. The van der Waals surface area contributed by atoms with E-state index < -0.39 is 10.0 Å². The van der Waals surface area contributed by atoms with E-state index in [1.54, 1.807) is 0 Å². The minimum atomic E-state index is -3.68. The Balaban J connectivity index is 1.58. The third-order valence-corrected chi connectivity index (χ3v) is 7.89. The Bertz CT molecular complexity index is 1050. The van der Waals surface area contributed by atoms with E-state index in [1.165, 1.54) is 42.5 Å². The largest absolute Gasteiger partial charge is 0.336 e. The van der Waals surface area contributed by atoms with Crippen LogP contribution in [0.25, 0.3) is 0 Å². The Morgan fingerprint density at radius 3 is 2.45 bits per heavy atom. The third-order valence-electron chi connectivity index (χ3n) is 5.67. The Hall–Kier alpha value is -2.22. The van der Waals surface area contributed by atoms with Crippen LogP contribution in [0.4, 0.5) is 0 Å². The molecule has 2 aromatic carbocycles. The Kier molecular flexibility index (Phi) is 7.51. The second-order valence-electron chi connectivity index (χ2n) is 7.78. The fourth-order valence-electron chi connectivity index (χ4n) is 3.89. The first kappa shape index (κ1) is 23.4. The van der Waals surface area contributed by atoms with Gasteiger partial charge in [-0.1, -0.05) is 41.9 Å². The quantitative estimate of drug-likeness (QED) is 0.548. The molecular weight excluding hydrogens is 436 g/mol. The van der Waals surface area contributed by atoms with Gasteiger partial charge < -0.3 is 4.90 Å². The molecule has 1 saturated heterocycles. The maximum atomic E-state index is 12.8. The van der Waals surface area contributed by atoms with Crippen LogP contribution in [0.2, 0.25) is 5.02 Å². The number of Topliss-reactive ketones (excluding diaryl/α,β-unsaturated/α-hetero) is 1. The normalized spacial score (nSPS) is 16.6. The number of likely N-dealkylation sites (tertiary alicyclic amines) is 1. The molecule has 0 aromatic heterocycles. The molecule has 1 aliphatic rings. The summed E-state index contributed by atoms with van der Waals surface area (Å²) in [5, 5.41) is 0.661. The SMILES string of the molecule is CC(=O)c1ccc(S(=O)(=O)N(C)CCCC(=O)N2CCCC2c2ccccc2Cl)cc1. The molecule has 1 unspecified atom stereocenters. The molecule has 166 valence electrons. The van der Waals surface area contributed by atoms with Crippen LogP contribution < -0.4 is 0 Å². The first-order valence-corrected chi connectivity index (χ1v) is 12.1. The lowest BCUT2D eigenvalue weighted by atomic mass is 10.0. The Morgan fingerprint density at radius 2 is 1.81 bits per heavy atom. The zero-order valence-corrected chi connectivity index (χ0v) is 19.3. The summed E-state index contributed by atoms with van der Waals surface area (Å²) in [6.45, 7) is 2.35. The van der Waals surface area contributed by atoms with E-state index in [4.69, 9.17) is 11.6 Å². The van der Waals surface area contributed by atoms with Crippen molar-refractivity contribution < 1.29 is 18.0 Å². The van der Waals surface area contributed by atoms with Crippen LogP contribution in [0.15, 0.2) is 53.4 Å². The maximum absolute atomic E-state index is 12.8.